The number of anilines is 1. The van der Waals surface area contributed by atoms with Crippen LogP contribution < -0.4 is 5.32 Å². The highest BCUT2D eigenvalue weighted by Crippen LogP contribution is 2.22. The highest BCUT2D eigenvalue weighted by molar-refractivity contribution is 7.16. The summed E-state index contributed by atoms with van der Waals surface area (Å²) in [7, 11) is 0. The van der Waals surface area contributed by atoms with E-state index in [2.05, 4.69) is 45.5 Å². The molecule has 1 aromatic carbocycles. The Kier molecular flexibility index (Phi) is 8.92. The minimum Gasteiger partial charge on any atom is -0.359 e. The van der Waals surface area contributed by atoms with Gasteiger partial charge in [-0.1, -0.05) is 13.3 Å². The topological polar surface area (TPSA) is 59.0 Å². The second-order valence-electron chi connectivity index (χ2n) is 7.25. The molecule has 2 aromatic rings. The van der Waals surface area contributed by atoms with E-state index >= 15 is 0 Å². The number of rotatable bonds is 11. The molecule has 7 heteroatoms. The first-order valence-electron chi connectivity index (χ1n) is 10.5. The standard InChI is InChI=1S/C22H32N4O2S/c1-3-4-12-26(13-15-28-22-7-5-6-14-27-22)24-11-10-18(2)25-19-8-9-21-20(16-19)23-17-29-21/h8-11,16-17,22,25H,3-7,12-15H2,1-2H3/b18-10+,24-11-. The number of thiazole rings is 1. The number of aromatic nitrogens is 1. The Morgan fingerprint density at radius 3 is 3.17 bits per heavy atom. The van der Waals surface area contributed by atoms with Crippen molar-refractivity contribution in [2.24, 2.45) is 5.10 Å². The van der Waals surface area contributed by atoms with Crippen LogP contribution in [0, 0.1) is 0 Å². The van der Waals surface area contributed by atoms with E-state index in [0.29, 0.717) is 6.61 Å². The molecule has 1 fully saturated rings. The smallest absolute Gasteiger partial charge is 0.157 e. The summed E-state index contributed by atoms with van der Waals surface area (Å²) in [5.41, 5.74) is 4.97. The molecule has 1 saturated heterocycles. The minimum absolute atomic E-state index is 0.0397. The molecule has 29 heavy (non-hydrogen) atoms. The van der Waals surface area contributed by atoms with Gasteiger partial charge in [-0.25, -0.2) is 4.98 Å². The van der Waals surface area contributed by atoms with Gasteiger partial charge in [0.15, 0.2) is 6.29 Å². The molecule has 0 aliphatic carbocycles. The molecular formula is C22H32N4O2S. The Labute approximate surface area is 177 Å². The van der Waals surface area contributed by atoms with Crippen molar-refractivity contribution >= 4 is 33.5 Å². The summed E-state index contributed by atoms with van der Waals surface area (Å²) in [6.45, 7) is 7.40. The quantitative estimate of drug-likeness (QED) is 0.401. The third-order valence-electron chi connectivity index (χ3n) is 4.79. The maximum absolute atomic E-state index is 5.86. The third-order valence-corrected chi connectivity index (χ3v) is 5.60. The molecule has 0 radical (unpaired) electrons. The van der Waals surface area contributed by atoms with E-state index in [9.17, 15) is 0 Å². The molecule has 158 valence electrons. The van der Waals surface area contributed by atoms with Gasteiger partial charge in [-0.05, 0) is 56.9 Å². The number of nitrogens with one attached hydrogen (secondary N) is 1. The van der Waals surface area contributed by atoms with Crippen molar-refractivity contribution in [3.05, 3.63) is 35.5 Å². The van der Waals surface area contributed by atoms with Crippen LogP contribution in [0.3, 0.4) is 0 Å². The Morgan fingerprint density at radius 2 is 2.34 bits per heavy atom. The summed E-state index contributed by atoms with van der Waals surface area (Å²) in [6, 6.07) is 6.24. The second kappa shape index (κ2) is 11.9. The summed E-state index contributed by atoms with van der Waals surface area (Å²) >= 11 is 1.66. The first-order valence-corrected chi connectivity index (χ1v) is 11.4. The van der Waals surface area contributed by atoms with Gasteiger partial charge < -0.3 is 14.8 Å². The van der Waals surface area contributed by atoms with Gasteiger partial charge in [0, 0.05) is 30.8 Å². The molecule has 0 bridgehead atoms. The van der Waals surface area contributed by atoms with Crippen LogP contribution in [-0.2, 0) is 9.47 Å². The summed E-state index contributed by atoms with van der Waals surface area (Å²) in [5.74, 6) is 0. The molecule has 0 spiro atoms. The second-order valence-corrected chi connectivity index (χ2v) is 8.13. The van der Waals surface area contributed by atoms with Gasteiger partial charge in [0.25, 0.3) is 0 Å². The molecule has 1 aliphatic heterocycles. The Morgan fingerprint density at radius 1 is 1.41 bits per heavy atom. The summed E-state index contributed by atoms with van der Waals surface area (Å²) in [5, 5.41) is 10.1. The van der Waals surface area contributed by atoms with Gasteiger partial charge >= 0.3 is 0 Å². The average molecular weight is 417 g/mol. The van der Waals surface area contributed by atoms with Crippen molar-refractivity contribution in [3.63, 3.8) is 0 Å². The number of fused-ring (bicyclic) bond motifs is 1. The maximum Gasteiger partial charge on any atom is 0.157 e. The van der Waals surface area contributed by atoms with Gasteiger partial charge in [-0.3, -0.25) is 5.01 Å². The lowest BCUT2D eigenvalue weighted by molar-refractivity contribution is -0.164. The van der Waals surface area contributed by atoms with Crippen molar-refractivity contribution in [1.82, 2.24) is 9.99 Å². The normalized spacial score (nSPS) is 17.9. The van der Waals surface area contributed by atoms with Crippen molar-refractivity contribution in [3.8, 4) is 0 Å². The van der Waals surface area contributed by atoms with Crippen molar-refractivity contribution < 1.29 is 9.47 Å². The molecule has 1 N–H and O–H groups in total. The predicted octanol–water partition coefficient (Wildman–Crippen LogP) is 5.24. The number of hydrogen-bond donors (Lipinski definition) is 1. The fourth-order valence-corrected chi connectivity index (χ4v) is 3.80. The molecule has 0 amide bonds. The third kappa shape index (κ3) is 7.42. The molecule has 2 heterocycles. The van der Waals surface area contributed by atoms with E-state index in [4.69, 9.17) is 9.47 Å². The van der Waals surface area contributed by atoms with Crippen molar-refractivity contribution in [1.29, 1.82) is 0 Å². The zero-order valence-electron chi connectivity index (χ0n) is 17.5. The molecule has 1 aromatic heterocycles. The molecule has 1 unspecified atom stereocenters. The van der Waals surface area contributed by atoms with E-state index in [-0.39, 0.29) is 6.29 Å². The Bertz CT molecular complexity index is 799. The maximum atomic E-state index is 5.86. The van der Waals surface area contributed by atoms with Crippen LogP contribution in [0.1, 0.15) is 46.0 Å². The van der Waals surface area contributed by atoms with Crippen molar-refractivity contribution in [2.45, 2.75) is 52.2 Å². The van der Waals surface area contributed by atoms with Gasteiger partial charge in [0.1, 0.15) is 0 Å². The molecular weight excluding hydrogens is 384 g/mol. The van der Waals surface area contributed by atoms with E-state index in [0.717, 1.165) is 62.3 Å². The summed E-state index contributed by atoms with van der Waals surface area (Å²) in [4.78, 5) is 4.37. The van der Waals surface area contributed by atoms with Gasteiger partial charge in [-0.2, -0.15) is 5.10 Å². The molecule has 3 rings (SSSR count). The van der Waals surface area contributed by atoms with Crippen molar-refractivity contribution in [2.75, 3.05) is 31.6 Å². The lowest BCUT2D eigenvalue weighted by Crippen LogP contribution is -2.28. The average Bonchev–Trinajstić information content (AvgIpc) is 3.20. The lowest BCUT2D eigenvalue weighted by Gasteiger charge is -2.24. The van der Waals surface area contributed by atoms with E-state index in [1.54, 1.807) is 11.3 Å². The number of allylic oxidation sites excluding steroid dienone is 2. The zero-order chi connectivity index (χ0) is 20.3. The number of ether oxygens (including phenoxy) is 2. The number of benzene rings is 1. The van der Waals surface area contributed by atoms with E-state index in [1.807, 2.05) is 24.7 Å². The fourth-order valence-electron chi connectivity index (χ4n) is 3.14. The van der Waals surface area contributed by atoms with Crippen LogP contribution in [0.25, 0.3) is 10.2 Å². The van der Waals surface area contributed by atoms with Crippen LogP contribution in [0.2, 0.25) is 0 Å². The fraction of sp³-hybridized carbons (Fsp3) is 0.545. The Balaban J connectivity index is 1.48. The number of unbranched alkanes of at least 4 members (excludes halogenated alkanes) is 1. The highest BCUT2D eigenvalue weighted by Gasteiger charge is 2.14. The van der Waals surface area contributed by atoms with Crippen LogP contribution in [0.5, 0.6) is 0 Å². The van der Waals surface area contributed by atoms with E-state index < -0.39 is 0 Å². The van der Waals surface area contributed by atoms with Crippen LogP contribution in [-0.4, -0.2) is 48.8 Å². The Hall–Kier alpha value is -1.96. The molecule has 6 nitrogen and oxygen atoms in total. The van der Waals surface area contributed by atoms with Gasteiger partial charge in [0.2, 0.25) is 0 Å². The SMILES string of the molecule is CCCCN(CCOC1CCCCO1)/N=C\C=C(/C)Nc1ccc2scnc2c1. The van der Waals surface area contributed by atoms with E-state index in [1.165, 1.54) is 11.1 Å². The first kappa shape index (κ1) is 21.7. The molecule has 0 saturated carbocycles. The van der Waals surface area contributed by atoms with Gasteiger partial charge in [0.05, 0.1) is 28.9 Å². The number of hydrazone groups is 1. The molecule has 1 aliphatic rings. The van der Waals surface area contributed by atoms with Crippen LogP contribution in [0.4, 0.5) is 5.69 Å². The molecule has 1 atom stereocenters. The minimum atomic E-state index is -0.0397. The highest BCUT2D eigenvalue weighted by atomic mass is 32.1. The monoisotopic (exact) mass is 416 g/mol. The van der Waals surface area contributed by atoms with Crippen LogP contribution in [0.15, 0.2) is 40.6 Å². The zero-order valence-corrected chi connectivity index (χ0v) is 18.3. The van der Waals surface area contributed by atoms with Crippen LogP contribution >= 0.6 is 11.3 Å². The lowest BCUT2D eigenvalue weighted by atomic mass is 10.2. The number of hydrogen-bond acceptors (Lipinski definition) is 7. The first-order chi connectivity index (χ1) is 14.2. The predicted molar refractivity (Wildman–Crippen MR) is 122 cm³/mol. The summed E-state index contributed by atoms with van der Waals surface area (Å²) < 4.78 is 12.7. The number of nitrogens with zero attached hydrogens (tertiary/aromatic N) is 3. The summed E-state index contributed by atoms with van der Waals surface area (Å²) in [6.07, 6.45) is 9.41. The van der Waals surface area contributed by atoms with Gasteiger partial charge in [-0.15, -0.1) is 11.3 Å². The largest absolute Gasteiger partial charge is 0.359 e.